The summed E-state index contributed by atoms with van der Waals surface area (Å²) in [4.78, 5) is 34.1. The van der Waals surface area contributed by atoms with Crippen LogP contribution in [0.25, 0.3) is 0 Å². The molecule has 1 aromatic rings. The van der Waals surface area contributed by atoms with E-state index >= 15 is 0 Å². The Labute approximate surface area is 165 Å². The first-order chi connectivity index (χ1) is 13.0. The van der Waals surface area contributed by atoms with E-state index in [2.05, 4.69) is 5.32 Å². The molecule has 1 fully saturated rings. The average molecular weight is 415 g/mol. The number of carbonyl (C=O) groups excluding carboxylic acids is 2. The van der Waals surface area contributed by atoms with Crippen LogP contribution in [0.4, 0.5) is 11.4 Å². The fraction of sp³-hybridized carbons (Fsp3) is 0.529. The van der Waals surface area contributed by atoms with E-state index in [-0.39, 0.29) is 17.8 Å². The number of benzene rings is 1. The van der Waals surface area contributed by atoms with Crippen molar-refractivity contribution in [3.8, 4) is 5.75 Å². The van der Waals surface area contributed by atoms with Gasteiger partial charge in [-0.3, -0.25) is 19.7 Å². The van der Waals surface area contributed by atoms with Crippen LogP contribution in [-0.2, 0) is 14.3 Å². The molecule has 1 atom stereocenters. The number of unbranched alkanes of at least 4 members (excludes halogenated alkanes) is 1. The van der Waals surface area contributed by atoms with Crippen molar-refractivity contribution >= 4 is 44.8 Å². The normalized spacial score (nSPS) is 16.0. The molecule has 0 bridgehead atoms. The van der Waals surface area contributed by atoms with E-state index in [4.69, 9.17) is 9.47 Å². The predicted octanol–water partition coefficient (Wildman–Crippen LogP) is 3.80. The quantitative estimate of drug-likeness (QED) is 0.202. The van der Waals surface area contributed by atoms with Gasteiger partial charge in [-0.1, -0.05) is 28.0 Å². The molecule has 0 aromatic heterocycles. The standard InChI is InChI=1S/C17H22N2O6S2/c1-24-12-6-7-14(15(10-12)19(22)23)18-16(20)11-25-17(21)5-3-2-4-13-8-9-26-27-13/h6-7,10,13H,2-5,8-9,11H2,1H3,(H,18,20)/t13-/m0/s1. The molecule has 148 valence electrons. The van der Waals surface area contributed by atoms with Crippen LogP contribution < -0.4 is 10.1 Å². The molecule has 1 N–H and O–H groups in total. The third kappa shape index (κ3) is 7.30. The van der Waals surface area contributed by atoms with Crippen LogP contribution in [0.3, 0.4) is 0 Å². The van der Waals surface area contributed by atoms with E-state index in [1.54, 1.807) is 0 Å². The number of hydrogen-bond acceptors (Lipinski definition) is 8. The Morgan fingerprint density at radius 3 is 2.85 bits per heavy atom. The van der Waals surface area contributed by atoms with Gasteiger partial charge >= 0.3 is 5.97 Å². The Morgan fingerprint density at radius 1 is 1.37 bits per heavy atom. The first kappa shape index (κ1) is 21.4. The number of ether oxygens (including phenoxy) is 2. The molecule has 1 amide bonds. The molecule has 0 aliphatic carbocycles. The van der Waals surface area contributed by atoms with Gasteiger partial charge in [-0.2, -0.15) is 0 Å². The largest absolute Gasteiger partial charge is 0.496 e. The van der Waals surface area contributed by atoms with Gasteiger partial charge in [0, 0.05) is 17.4 Å². The molecule has 0 unspecified atom stereocenters. The van der Waals surface area contributed by atoms with Crippen LogP contribution >= 0.6 is 21.6 Å². The molecule has 8 nitrogen and oxygen atoms in total. The van der Waals surface area contributed by atoms with Crippen LogP contribution in [0.1, 0.15) is 32.1 Å². The summed E-state index contributed by atoms with van der Waals surface area (Å²) >= 11 is 0. The maximum atomic E-state index is 11.9. The first-order valence-corrected chi connectivity index (χ1v) is 10.9. The molecule has 0 spiro atoms. The number of nitro groups is 1. The lowest BCUT2D eigenvalue weighted by Gasteiger charge is -2.09. The summed E-state index contributed by atoms with van der Waals surface area (Å²) in [6.07, 6.45) is 4.26. The lowest BCUT2D eigenvalue weighted by Crippen LogP contribution is -2.21. The summed E-state index contributed by atoms with van der Waals surface area (Å²) in [5, 5.41) is 14.2. The van der Waals surface area contributed by atoms with E-state index in [9.17, 15) is 19.7 Å². The van der Waals surface area contributed by atoms with Crippen LogP contribution in [0, 0.1) is 10.1 Å². The fourth-order valence-corrected chi connectivity index (χ4v) is 5.53. The second-order valence-electron chi connectivity index (χ2n) is 5.92. The van der Waals surface area contributed by atoms with Gasteiger partial charge in [0.1, 0.15) is 11.4 Å². The maximum absolute atomic E-state index is 11.9. The van der Waals surface area contributed by atoms with Crippen LogP contribution in [0.5, 0.6) is 5.75 Å². The lowest BCUT2D eigenvalue weighted by atomic mass is 10.1. The van der Waals surface area contributed by atoms with Crippen molar-refractivity contribution < 1.29 is 24.0 Å². The summed E-state index contributed by atoms with van der Waals surface area (Å²) in [7, 11) is 5.20. The van der Waals surface area contributed by atoms with Gasteiger partial charge in [0.25, 0.3) is 11.6 Å². The second kappa shape index (κ2) is 11.0. The highest BCUT2D eigenvalue weighted by Gasteiger charge is 2.18. The number of carbonyl (C=O) groups is 2. The summed E-state index contributed by atoms with van der Waals surface area (Å²) in [5.74, 6) is 0.429. The molecule has 0 saturated carbocycles. The fourth-order valence-electron chi connectivity index (χ4n) is 2.51. The Balaban J connectivity index is 1.70. The highest BCUT2D eigenvalue weighted by atomic mass is 33.1. The first-order valence-electron chi connectivity index (χ1n) is 8.55. The van der Waals surface area contributed by atoms with E-state index in [0.29, 0.717) is 11.0 Å². The van der Waals surface area contributed by atoms with Crippen LogP contribution in [-0.4, -0.2) is 41.5 Å². The van der Waals surface area contributed by atoms with Gasteiger partial charge in [-0.25, -0.2) is 0 Å². The van der Waals surface area contributed by atoms with Gasteiger partial charge in [-0.15, -0.1) is 0 Å². The molecule has 1 saturated heterocycles. The van der Waals surface area contributed by atoms with Crippen molar-refractivity contribution in [2.24, 2.45) is 0 Å². The molecular formula is C17H22N2O6S2. The predicted molar refractivity (Wildman–Crippen MR) is 106 cm³/mol. The lowest BCUT2D eigenvalue weighted by molar-refractivity contribution is -0.384. The number of nitrogens with one attached hydrogen (secondary N) is 1. The highest BCUT2D eigenvalue weighted by Crippen LogP contribution is 2.39. The molecule has 2 rings (SSSR count). The number of rotatable bonds is 10. The molecule has 1 aliphatic rings. The number of nitrogens with zero attached hydrogens (tertiary/aromatic N) is 1. The number of nitro benzene ring substituents is 1. The van der Waals surface area contributed by atoms with Crippen molar-refractivity contribution in [1.82, 2.24) is 0 Å². The van der Waals surface area contributed by atoms with Gasteiger partial charge < -0.3 is 14.8 Å². The van der Waals surface area contributed by atoms with Gasteiger partial charge in [-0.05, 0) is 31.4 Å². The van der Waals surface area contributed by atoms with E-state index in [1.807, 2.05) is 21.6 Å². The maximum Gasteiger partial charge on any atom is 0.306 e. The SMILES string of the molecule is COc1ccc(NC(=O)COC(=O)CCCC[C@H]2CCSS2)c([N+](=O)[O-])c1. The van der Waals surface area contributed by atoms with Crippen LogP contribution in [0.2, 0.25) is 0 Å². The van der Waals surface area contributed by atoms with Crippen molar-refractivity contribution in [2.45, 2.75) is 37.4 Å². The molecule has 1 aromatic carbocycles. The van der Waals surface area contributed by atoms with Crippen LogP contribution in [0.15, 0.2) is 18.2 Å². The number of amides is 1. The van der Waals surface area contributed by atoms with Gasteiger partial charge in [0.2, 0.25) is 0 Å². The zero-order valence-corrected chi connectivity index (χ0v) is 16.6. The summed E-state index contributed by atoms with van der Waals surface area (Å²) in [6, 6.07) is 4.08. The van der Waals surface area contributed by atoms with Crippen molar-refractivity contribution in [3.05, 3.63) is 28.3 Å². The molecule has 1 aliphatic heterocycles. The monoisotopic (exact) mass is 414 g/mol. The minimum absolute atomic E-state index is 0.0220. The minimum Gasteiger partial charge on any atom is -0.496 e. The second-order valence-corrected chi connectivity index (χ2v) is 8.71. The number of methoxy groups -OCH3 is 1. The molecule has 10 heteroatoms. The third-order valence-electron chi connectivity index (χ3n) is 3.92. The Bertz CT molecular complexity index is 679. The Morgan fingerprint density at radius 2 is 2.19 bits per heavy atom. The molecular weight excluding hydrogens is 392 g/mol. The average Bonchev–Trinajstić information content (AvgIpc) is 3.17. The van der Waals surface area contributed by atoms with Gasteiger partial charge in [0.05, 0.1) is 18.1 Å². The van der Waals surface area contributed by atoms with Gasteiger partial charge in [0.15, 0.2) is 6.61 Å². The topological polar surface area (TPSA) is 108 Å². The molecule has 0 radical (unpaired) electrons. The Kier molecular flexibility index (Phi) is 8.73. The minimum atomic E-state index is -0.629. The van der Waals surface area contributed by atoms with E-state index in [0.717, 1.165) is 19.3 Å². The van der Waals surface area contributed by atoms with Crippen molar-refractivity contribution in [1.29, 1.82) is 0 Å². The molecule has 1 heterocycles. The zero-order chi connectivity index (χ0) is 19.6. The van der Waals surface area contributed by atoms with E-state index < -0.39 is 23.4 Å². The Hall–Kier alpha value is -1.94. The third-order valence-corrected chi connectivity index (χ3v) is 6.93. The van der Waals surface area contributed by atoms with Crippen molar-refractivity contribution in [3.63, 3.8) is 0 Å². The summed E-state index contributed by atoms with van der Waals surface area (Å²) in [5.41, 5.74) is -0.272. The number of hydrogen-bond donors (Lipinski definition) is 1. The smallest absolute Gasteiger partial charge is 0.306 e. The highest BCUT2D eigenvalue weighted by molar-refractivity contribution is 8.77. The van der Waals surface area contributed by atoms with E-state index in [1.165, 1.54) is 37.5 Å². The number of esters is 1. The zero-order valence-electron chi connectivity index (χ0n) is 15.0. The summed E-state index contributed by atoms with van der Waals surface area (Å²) < 4.78 is 9.87. The summed E-state index contributed by atoms with van der Waals surface area (Å²) in [6.45, 7) is -0.475. The number of anilines is 1. The molecule has 27 heavy (non-hydrogen) atoms. The van der Waals surface area contributed by atoms with Crippen molar-refractivity contribution in [2.75, 3.05) is 24.8 Å².